The highest BCUT2D eigenvalue weighted by atomic mass is 79.9. The van der Waals surface area contributed by atoms with E-state index < -0.39 is 0 Å². The highest BCUT2D eigenvalue weighted by Crippen LogP contribution is 2.29. The lowest BCUT2D eigenvalue weighted by Crippen LogP contribution is -2.32. The molecule has 5 heteroatoms. The van der Waals surface area contributed by atoms with Crippen LogP contribution in [0.15, 0.2) is 19.6 Å². The Morgan fingerprint density at radius 2 is 2.14 bits per heavy atom. The quantitative estimate of drug-likeness (QED) is 0.895. The minimum Gasteiger partial charge on any atom is -0.451 e. The summed E-state index contributed by atoms with van der Waals surface area (Å²) in [6.07, 6.45) is 0. The zero-order valence-corrected chi connectivity index (χ0v) is 11.4. The maximum Gasteiger partial charge on any atom is 0.183 e. The van der Waals surface area contributed by atoms with E-state index in [-0.39, 0.29) is 6.04 Å². The molecule has 0 aliphatic heterocycles. The third-order valence-corrected chi connectivity index (χ3v) is 3.49. The molecule has 0 aliphatic rings. The van der Waals surface area contributed by atoms with Crippen LogP contribution in [0, 0.1) is 0 Å². The zero-order valence-electron chi connectivity index (χ0n) is 8.18. The van der Waals surface area contributed by atoms with Crippen LogP contribution < -0.4 is 11.1 Å². The van der Waals surface area contributed by atoms with Crippen LogP contribution in [0.3, 0.4) is 0 Å². The van der Waals surface area contributed by atoms with Gasteiger partial charge in [0.1, 0.15) is 5.76 Å². The van der Waals surface area contributed by atoms with E-state index in [1.807, 2.05) is 6.07 Å². The van der Waals surface area contributed by atoms with Gasteiger partial charge in [-0.1, -0.05) is 13.8 Å². The number of furan rings is 1. The van der Waals surface area contributed by atoms with Crippen molar-refractivity contribution in [2.45, 2.75) is 25.9 Å². The molecule has 0 fully saturated rings. The van der Waals surface area contributed by atoms with Crippen LogP contribution in [0.2, 0.25) is 0 Å². The molecule has 0 bridgehead atoms. The first-order valence-electron chi connectivity index (χ1n) is 4.45. The molecule has 3 N–H and O–H groups in total. The van der Waals surface area contributed by atoms with Crippen molar-refractivity contribution >= 4 is 31.9 Å². The van der Waals surface area contributed by atoms with Crippen molar-refractivity contribution < 1.29 is 4.42 Å². The second-order valence-corrected chi connectivity index (χ2v) is 4.95. The average Bonchev–Trinajstić information content (AvgIpc) is 2.42. The van der Waals surface area contributed by atoms with Crippen molar-refractivity contribution in [3.63, 3.8) is 0 Å². The molecule has 1 unspecified atom stereocenters. The summed E-state index contributed by atoms with van der Waals surface area (Å²) in [7, 11) is 0. The summed E-state index contributed by atoms with van der Waals surface area (Å²) in [5, 5.41) is 3.33. The first kappa shape index (κ1) is 12.2. The Labute approximate surface area is 101 Å². The standard InChI is InChI=1S/C9H14Br2N2O/c1-5(2)13-7(4-12)8-3-6(10)9(11)14-8/h3,5,7,13H,4,12H2,1-2H3. The summed E-state index contributed by atoms with van der Waals surface area (Å²) < 4.78 is 7.11. The lowest BCUT2D eigenvalue weighted by molar-refractivity contribution is 0.385. The number of hydrogen-bond acceptors (Lipinski definition) is 3. The van der Waals surface area contributed by atoms with E-state index in [1.54, 1.807) is 0 Å². The van der Waals surface area contributed by atoms with Crippen LogP contribution in [-0.4, -0.2) is 12.6 Å². The fraction of sp³-hybridized carbons (Fsp3) is 0.556. The lowest BCUT2D eigenvalue weighted by atomic mass is 10.2. The molecule has 80 valence electrons. The molecule has 1 aromatic rings. The Balaban J connectivity index is 2.78. The van der Waals surface area contributed by atoms with Crippen molar-refractivity contribution in [1.29, 1.82) is 0 Å². The number of nitrogens with one attached hydrogen (secondary N) is 1. The maximum atomic E-state index is 5.66. The summed E-state index contributed by atoms with van der Waals surface area (Å²) in [4.78, 5) is 0. The van der Waals surface area contributed by atoms with E-state index in [1.165, 1.54) is 0 Å². The Morgan fingerprint density at radius 3 is 2.50 bits per heavy atom. The van der Waals surface area contributed by atoms with E-state index in [0.717, 1.165) is 10.2 Å². The molecule has 0 spiro atoms. The van der Waals surface area contributed by atoms with Crippen molar-refractivity contribution in [2.24, 2.45) is 5.73 Å². The summed E-state index contributed by atoms with van der Waals surface area (Å²) in [5.41, 5.74) is 5.66. The first-order chi connectivity index (χ1) is 6.54. The molecule has 1 heterocycles. The minimum absolute atomic E-state index is 0.0672. The van der Waals surface area contributed by atoms with Gasteiger partial charge in [-0.05, 0) is 37.9 Å². The molecular weight excluding hydrogens is 312 g/mol. The Hall–Kier alpha value is 0.160. The van der Waals surface area contributed by atoms with Crippen LogP contribution in [0.4, 0.5) is 0 Å². The molecule has 0 saturated carbocycles. The van der Waals surface area contributed by atoms with Crippen LogP contribution >= 0.6 is 31.9 Å². The van der Waals surface area contributed by atoms with Gasteiger partial charge in [0, 0.05) is 12.6 Å². The van der Waals surface area contributed by atoms with Crippen molar-refractivity contribution in [1.82, 2.24) is 5.32 Å². The highest BCUT2D eigenvalue weighted by Gasteiger charge is 2.16. The minimum atomic E-state index is 0.0672. The predicted octanol–water partition coefficient (Wildman–Crippen LogP) is 2.80. The van der Waals surface area contributed by atoms with E-state index in [0.29, 0.717) is 17.3 Å². The molecule has 0 aromatic carbocycles. The van der Waals surface area contributed by atoms with Gasteiger partial charge in [-0.3, -0.25) is 0 Å². The number of hydrogen-bond donors (Lipinski definition) is 2. The third kappa shape index (κ3) is 3.08. The van der Waals surface area contributed by atoms with Gasteiger partial charge in [0.25, 0.3) is 0 Å². The molecule has 14 heavy (non-hydrogen) atoms. The second-order valence-electron chi connectivity index (χ2n) is 3.38. The first-order valence-corrected chi connectivity index (χ1v) is 6.04. The summed E-state index contributed by atoms with van der Waals surface area (Å²) in [6.45, 7) is 4.68. The molecule has 1 atom stereocenters. The van der Waals surface area contributed by atoms with Crippen molar-refractivity contribution in [3.05, 3.63) is 21.0 Å². The van der Waals surface area contributed by atoms with Gasteiger partial charge in [-0.25, -0.2) is 0 Å². The Morgan fingerprint density at radius 1 is 1.50 bits per heavy atom. The SMILES string of the molecule is CC(C)NC(CN)c1cc(Br)c(Br)o1. The molecule has 0 aliphatic carbocycles. The highest BCUT2D eigenvalue weighted by molar-refractivity contribution is 9.13. The zero-order chi connectivity index (χ0) is 10.7. The van der Waals surface area contributed by atoms with E-state index >= 15 is 0 Å². The number of halogens is 2. The average molecular weight is 326 g/mol. The molecule has 0 amide bonds. The Bertz CT molecular complexity index is 280. The van der Waals surface area contributed by atoms with E-state index in [4.69, 9.17) is 10.2 Å². The fourth-order valence-corrected chi connectivity index (χ4v) is 1.81. The number of rotatable bonds is 4. The summed E-state index contributed by atoms with van der Waals surface area (Å²) >= 11 is 6.67. The van der Waals surface area contributed by atoms with Crippen molar-refractivity contribution in [3.8, 4) is 0 Å². The van der Waals surface area contributed by atoms with Crippen LogP contribution in [0.1, 0.15) is 25.6 Å². The van der Waals surface area contributed by atoms with Crippen molar-refractivity contribution in [2.75, 3.05) is 6.54 Å². The van der Waals surface area contributed by atoms with E-state index in [9.17, 15) is 0 Å². The molecule has 0 saturated heterocycles. The van der Waals surface area contributed by atoms with Gasteiger partial charge in [0.2, 0.25) is 0 Å². The Kier molecular flexibility index (Phi) is 4.63. The van der Waals surface area contributed by atoms with Gasteiger partial charge in [-0.15, -0.1) is 0 Å². The molecule has 3 nitrogen and oxygen atoms in total. The van der Waals surface area contributed by atoms with Crippen LogP contribution in [0.5, 0.6) is 0 Å². The number of nitrogens with two attached hydrogens (primary N) is 1. The van der Waals surface area contributed by atoms with Gasteiger partial charge >= 0.3 is 0 Å². The van der Waals surface area contributed by atoms with Crippen LogP contribution in [-0.2, 0) is 0 Å². The molecule has 1 rings (SSSR count). The maximum absolute atomic E-state index is 5.66. The third-order valence-electron chi connectivity index (χ3n) is 1.78. The van der Waals surface area contributed by atoms with E-state index in [2.05, 4.69) is 51.0 Å². The topological polar surface area (TPSA) is 51.2 Å². The summed E-state index contributed by atoms with van der Waals surface area (Å²) in [5.74, 6) is 0.847. The molecule has 0 radical (unpaired) electrons. The lowest BCUT2D eigenvalue weighted by Gasteiger charge is -2.16. The normalized spacial score (nSPS) is 13.6. The fourth-order valence-electron chi connectivity index (χ4n) is 1.20. The second kappa shape index (κ2) is 5.30. The van der Waals surface area contributed by atoms with Crippen LogP contribution in [0.25, 0.3) is 0 Å². The monoisotopic (exact) mass is 324 g/mol. The van der Waals surface area contributed by atoms with Gasteiger partial charge in [0.15, 0.2) is 4.67 Å². The predicted molar refractivity (Wildman–Crippen MR) is 64.2 cm³/mol. The molecule has 1 aromatic heterocycles. The summed E-state index contributed by atoms with van der Waals surface area (Å²) in [6, 6.07) is 2.38. The van der Waals surface area contributed by atoms with Gasteiger partial charge in [0.05, 0.1) is 10.5 Å². The smallest absolute Gasteiger partial charge is 0.183 e. The largest absolute Gasteiger partial charge is 0.451 e. The molecular formula is C9H14Br2N2O. The van der Waals surface area contributed by atoms with Gasteiger partial charge < -0.3 is 15.5 Å². The van der Waals surface area contributed by atoms with Gasteiger partial charge in [-0.2, -0.15) is 0 Å².